The van der Waals surface area contributed by atoms with E-state index in [-0.39, 0.29) is 11.6 Å². The quantitative estimate of drug-likeness (QED) is 0.544. The second kappa shape index (κ2) is 10.1. The maximum Gasteiger partial charge on any atom is 0.322 e. The number of benzene rings is 1. The molecule has 0 bridgehead atoms. The number of urea groups is 1. The van der Waals surface area contributed by atoms with Crippen LogP contribution in [0.5, 0.6) is 0 Å². The molecule has 0 spiro atoms. The first kappa shape index (κ1) is 21.5. The zero-order valence-corrected chi connectivity index (χ0v) is 19.0. The van der Waals surface area contributed by atoms with Crippen LogP contribution in [0.2, 0.25) is 0 Å². The normalized spacial score (nSPS) is 22.9. The number of carbonyl (C=O) groups is 1. The van der Waals surface area contributed by atoms with E-state index in [0.717, 1.165) is 44.5 Å². The molecule has 0 unspecified atom stereocenters. The van der Waals surface area contributed by atoms with Gasteiger partial charge in [-0.3, -0.25) is 0 Å². The smallest absolute Gasteiger partial charge is 0.322 e. The second-order valence-electron chi connectivity index (χ2n) is 10.1. The molecule has 1 heterocycles. The number of hydrogen-bond acceptors (Lipinski definition) is 2. The van der Waals surface area contributed by atoms with Crippen LogP contribution < -0.4 is 10.2 Å². The molecule has 1 aromatic rings. The lowest BCUT2D eigenvalue weighted by atomic mass is 9.80. The van der Waals surface area contributed by atoms with Crippen LogP contribution in [0.25, 0.3) is 0 Å². The van der Waals surface area contributed by atoms with Gasteiger partial charge < -0.3 is 15.1 Å². The van der Waals surface area contributed by atoms with Gasteiger partial charge in [0.05, 0.1) is 0 Å². The summed E-state index contributed by atoms with van der Waals surface area (Å²) in [6, 6.07) is 9.06. The molecule has 3 fully saturated rings. The fraction of sp³-hybridized carbons (Fsp3) is 0.731. The number of nitrogens with one attached hydrogen (secondary N) is 1. The summed E-state index contributed by atoms with van der Waals surface area (Å²) in [4.78, 5) is 18.4. The summed E-state index contributed by atoms with van der Waals surface area (Å²) in [6.45, 7) is 4.65. The predicted octanol–water partition coefficient (Wildman–Crippen LogP) is 6.96. The summed E-state index contributed by atoms with van der Waals surface area (Å²) in [5.74, 6) is 0. The van der Waals surface area contributed by atoms with Crippen molar-refractivity contribution in [2.75, 3.05) is 23.3 Å². The van der Waals surface area contributed by atoms with Gasteiger partial charge in [0.15, 0.2) is 0 Å². The molecule has 4 heteroatoms. The molecule has 2 amide bonds. The standard InChI is InChI=1S/C26H41N3O/c1-26(18-8-4-9-19-26)29(24-12-6-2-3-7-13-24)25(30)27-22-14-16-23(17-15-22)28-20-10-5-11-21-28/h14-17,24H,2-13,18-21H2,1H3,(H,27,30). The maximum atomic E-state index is 13.6. The summed E-state index contributed by atoms with van der Waals surface area (Å²) >= 11 is 0. The number of piperidine rings is 1. The Hall–Kier alpha value is -1.71. The highest BCUT2D eigenvalue weighted by Crippen LogP contribution is 2.38. The first-order chi connectivity index (χ1) is 14.7. The van der Waals surface area contributed by atoms with E-state index in [0.29, 0.717) is 6.04 Å². The van der Waals surface area contributed by atoms with Crippen molar-refractivity contribution in [1.29, 1.82) is 0 Å². The van der Waals surface area contributed by atoms with Crippen molar-refractivity contribution in [2.45, 2.75) is 108 Å². The van der Waals surface area contributed by atoms with Crippen LogP contribution in [0.3, 0.4) is 0 Å². The number of rotatable bonds is 4. The zero-order chi connectivity index (χ0) is 20.8. The molecule has 2 aliphatic carbocycles. The number of hydrogen-bond donors (Lipinski definition) is 1. The zero-order valence-electron chi connectivity index (χ0n) is 19.0. The SMILES string of the molecule is CC1(N(C(=O)Nc2ccc(N3CCCCC3)cc2)C2CCCCCC2)CCCCC1. The largest absolute Gasteiger partial charge is 0.372 e. The van der Waals surface area contributed by atoms with Gasteiger partial charge in [0.25, 0.3) is 0 Å². The number of anilines is 2. The number of nitrogens with zero attached hydrogens (tertiary/aromatic N) is 2. The molecule has 3 aliphatic rings. The van der Waals surface area contributed by atoms with Gasteiger partial charge in [-0.25, -0.2) is 4.79 Å². The molecule has 30 heavy (non-hydrogen) atoms. The van der Waals surface area contributed by atoms with Gasteiger partial charge >= 0.3 is 6.03 Å². The van der Waals surface area contributed by atoms with E-state index in [9.17, 15) is 4.79 Å². The molecule has 0 aromatic heterocycles. The van der Waals surface area contributed by atoms with Crippen molar-refractivity contribution in [2.24, 2.45) is 0 Å². The predicted molar refractivity (Wildman–Crippen MR) is 126 cm³/mol. The Kier molecular flexibility index (Phi) is 7.22. The molecule has 4 rings (SSSR count). The van der Waals surface area contributed by atoms with Gasteiger partial charge in [-0.1, -0.05) is 44.9 Å². The fourth-order valence-electron chi connectivity index (χ4n) is 6.01. The second-order valence-corrected chi connectivity index (χ2v) is 10.1. The third-order valence-corrected chi connectivity index (χ3v) is 7.76. The van der Waals surface area contributed by atoms with E-state index in [4.69, 9.17) is 0 Å². The van der Waals surface area contributed by atoms with Crippen LogP contribution in [0.1, 0.15) is 96.8 Å². The van der Waals surface area contributed by atoms with E-state index in [1.54, 1.807) is 0 Å². The Morgan fingerprint density at radius 2 is 1.43 bits per heavy atom. The number of amides is 2. The van der Waals surface area contributed by atoms with Crippen molar-refractivity contribution in [3.8, 4) is 0 Å². The summed E-state index contributed by atoms with van der Waals surface area (Å²) in [5.41, 5.74) is 2.22. The van der Waals surface area contributed by atoms with Crippen molar-refractivity contribution in [1.82, 2.24) is 4.90 Å². The highest BCUT2D eigenvalue weighted by Gasteiger charge is 2.40. The summed E-state index contributed by atoms with van der Waals surface area (Å²) in [6.07, 6.45) is 17.5. The molecule has 1 N–H and O–H groups in total. The Labute approximate surface area is 183 Å². The number of carbonyl (C=O) groups excluding carboxylic acids is 1. The van der Waals surface area contributed by atoms with E-state index >= 15 is 0 Å². The molecule has 1 aliphatic heterocycles. The van der Waals surface area contributed by atoms with Crippen LogP contribution in [0, 0.1) is 0 Å². The topological polar surface area (TPSA) is 35.6 Å². The minimum absolute atomic E-state index is 0.00504. The highest BCUT2D eigenvalue weighted by atomic mass is 16.2. The Morgan fingerprint density at radius 3 is 2.07 bits per heavy atom. The minimum Gasteiger partial charge on any atom is -0.372 e. The van der Waals surface area contributed by atoms with Crippen molar-refractivity contribution >= 4 is 17.4 Å². The first-order valence-electron chi connectivity index (χ1n) is 12.6. The van der Waals surface area contributed by atoms with Gasteiger partial charge in [-0.05, 0) is 76.1 Å². The fourth-order valence-corrected chi connectivity index (χ4v) is 6.01. The van der Waals surface area contributed by atoms with Crippen LogP contribution in [0.15, 0.2) is 24.3 Å². The van der Waals surface area contributed by atoms with Gasteiger partial charge in [-0.2, -0.15) is 0 Å². The lowest BCUT2D eigenvalue weighted by molar-refractivity contribution is 0.0596. The van der Waals surface area contributed by atoms with E-state index in [1.807, 2.05) is 0 Å². The minimum atomic E-state index is 0.00504. The summed E-state index contributed by atoms with van der Waals surface area (Å²) in [7, 11) is 0. The molecule has 166 valence electrons. The van der Waals surface area contributed by atoms with Crippen LogP contribution in [-0.4, -0.2) is 35.6 Å². The molecule has 4 nitrogen and oxygen atoms in total. The Morgan fingerprint density at radius 1 is 0.867 bits per heavy atom. The van der Waals surface area contributed by atoms with Gasteiger partial charge in [0.1, 0.15) is 0 Å². The average Bonchev–Trinajstić information content (AvgIpc) is 3.04. The average molecular weight is 412 g/mol. The summed E-state index contributed by atoms with van der Waals surface area (Å²) in [5, 5.41) is 3.28. The van der Waals surface area contributed by atoms with E-state index in [2.05, 4.69) is 46.3 Å². The summed E-state index contributed by atoms with van der Waals surface area (Å²) < 4.78 is 0. The third-order valence-electron chi connectivity index (χ3n) is 7.76. The van der Waals surface area contributed by atoms with Gasteiger partial charge in [0, 0.05) is 36.0 Å². The molecule has 0 atom stereocenters. The highest BCUT2D eigenvalue weighted by molar-refractivity contribution is 5.90. The van der Waals surface area contributed by atoms with Crippen molar-refractivity contribution < 1.29 is 4.79 Å². The third kappa shape index (κ3) is 5.12. The van der Waals surface area contributed by atoms with Crippen molar-refractivity contribution in [3.63, 3.8) is 0 Å². The van der Waals surface area contributed by atoms with Crippen LogP contribution >= 0.6 is 0 Å². The first-order valence-corrected chi connectivity index (χ1v) is 12.6. The van der Waals surface area contributed by atoms with Gasteiger partial charge in [-0.15, -0.1) is 0 Å². The molecule has 1 aromatic carbocycles. The van der Waals surface area contributed by atoms with Gasteiger partial charge in [0.2, 0.25) is 0 Å². The molecule has 2 saturated carbocycles. The van der Waals surface area contributed by atoms with E-state index in [1.165, 1.54) is 69.9 Å². The molecular weight excluding hydrogens is 370 g/mol. The van der Waals surface area contributed by atoms with Crippen LogP contribution in [0.4, 0.5) is 16.2 Å². The Bertz CT molecular complexity index is 666. The lowest BCUT2D eigenvalue weighted by Crippen LogP contribution is -2.57. The Balaban J connectivity index is 1.48. The monoisotopic (exact) mass is 411 g/mol. The molecule has 1 saturated heterocycles. The maximum absolute atomic E-state index is 13.6. The molecular formula is C26H41N3O. The molecule has 0 radical (unpaired) electrons. The van der Waals surface area contributed by atoms with Crippen molar-refractivity contribution in [3.05, 3.63) is 24.3 Å². The van der Waals surface area contributed by atoms with E-state index < -0.39 is 0 Å². The van der Waals surface area contributed by atoms with Crippen LogP contribution in [-0.2, 0) is 0 Å². The lowest BCUT2D eigenvalue weighted by Gasteiger charge is -2.48.